The topological polar surface area (TPSA) is 151 Å². The van der Waals surface area contributed by atoms with Crippen molar-refractivity contribution in [1.82, 2.24) is 0 Å². The minimum absolute atomic E-state index is 0.00926. The maximum atomic E-state index is 13.4. The summed E-state index contributed by atoms with van der Waals surface area (Å²) in [6.45, 7) is 1.45. The quantitative estimate of drug-likeness (QED) is 0.196. The van der Waals surface area contributed by atoms with Crippen LogP contribution in [0.4, 0.5) is 10.1 Å². The second-order valence-corrected chi connectivity index (χ2v) is 11.5. The van der Waals surface area contributed by atoms with Gasteiger partial charge in [-0.05, 0) is 74.1 Å². The first-order chi connectivity index (χ1) is 20.6. The summed E-state index contributed by atoms with van der Waals surface area (Å²) in [7, 11) is 0. The molecule has 8 atom stereocenters. The molecule has 1 amide bonds. The van der Waals surface area contributed by atoms with Crippen LogP contribution in [0.5, 0.6) is 5.75 Å². The summed E-state index contributed by atoms with van der Waals surface area (Å²) < 4.78 is 18.9. The van der Waals surface area contributed by atoms with Crippen molar-refractivity contribution in [3.8, 4) is 5.75 Å². The standard InChI is InChI=1S/C33H38FNO8/c1-18-2-10-22(11-3-18)35-29(24(33(35)42)13-14-25(37)20-6-8-21(34)9-7-20)23-12-4-19(16-26(23)38)5-15-27-30(39)32(41)31(40)28(17-36)43-27/h2-4,6-12,16,24-25,27-32,36-41H,5,13-15,17H2,1H3/t24-,25+,27+,28?,29-,30-,31-,32?/m1/s1. The molecule has 0 aromatic heterocycles. The number of rotatable bonds is 10. The van der Waals surface area contributed by atoms with E-state index in [0.717, 1.165) is 11.1 Å². The van der Waals surface area contributed by atoms with Gasteiger partial charge in [-0.15, -0.1) is 0 Å². The van der Waals surface area contributed by atoms with E-state index in [1.165, 1.54) is 24.3 Å². The Kier molecular flexibility index (Phi) is 9.45. The number of carbonyl (C=O) groups excluding carboxylic acids is 1. The zero-order valence-electron chi connectivity index (χ0n) is 23.8. The molecule has 3 aromatic carbocycles. The van der Waals surface area contributed by atoms with Crippen LogP contribution in [0, 0.1) is 18.7 Å². The third kappa shape index (κ3) is 6.45. The van der Waals surface area contributed by atoms with Crippen LogP contribution in [0.15, 0.2) is 66.7 Å². The smallest absolute Gasteiger partial charge is 0.233 e. The summed E-state index contributed by atoms with van der Waals surface area (Å²) in [4.78, 5) is 15.1. The Morgan fingerprint density at radius 2 is 1.58 bits per heavy atom. The van der Waals surface area contributed by atoms with E-state index in [4.69, 9.17) is 4.74 Å². The van der Waals surface area contributed by atoms with Crippen LogP contribution in [0.25, 0.3) is 0 Å². The van der Waals surface area contributed by atoms with Crippen molar-refractivity contribution in [2.24, 2.45) is 5.92 Å². The first-order valence-electron chi connectivity index (χ1n) is 14.5. The van der Waals surface area contributed by atoms with Gasteiger partial charge in [0.2, 0.25) is 5.91 Å². The zero-order valence-corrected chi connectivity index (χ0v) is 23.8. The number of phenols is 1. The molecule has 0 spiro atoms. The third-order valence-electron chi connectivity index (χ3n) is 8.65. The SMILES string of the molecule is Cc1ccc(N2C(=O)[C@H](CC[C@H](O)c3ccc(F)cc3)[C@H]2c2ccc(CC[C@@H]3OC(CO)[C@@H](O)C(O)[C@@H]3O)cc2O)cc1. The molecule has 0 saturated carbocycles. The number of β-lactam (4-membered cyclic amide) rings is 1. The number of hydrogen-bond acceptors (Lipinski definition) is 8. The number of anilines is 1. The van der Waals surface area contributed by atoms with Crippen LogP contribution in [-0.2, 0) is 16.0 Å². The summed E-state index contributed by atoms with van der Waals surface area (Å²) in [5.74, 6) is -1.02. The van der Waals surface area contributed by atoms with Gasteiger partial charge in [-0.2, -0.15) is 0 Å². The number of nitrogens with zero attached hydrogens (tertiary/aromatic N) is 1. The van der Waals surface area contributed by atoms with E-state index >= 15 is 0 Å². The lowest BCUT2D eigenvalue weighted by Crippen LogP contribution is -2.58. The average molecular weight is 596 g/mol. The molecule has 5 rings (SSSR count). The van der Waals surface area contributed by atoms with Gasteiger partial charge >= 0.3 is 0 Å². The lowest BCUT2D eigenvalue weighted by molar-refractivity contribution is -0.230. The normalized spacial score (nSPS) is 28.0. The van der Waals surface area contributed by atoms with Crippen LogP contribution < -0.4 is 4.90 Å². The minimum Gasteiger partial charge on any atom is -0.508 e. The Labute approximate surface area is 249 Å². The summed E-state index contributed by atoms with van der Waals surface area (Å²) in [5, 5.41) is 61.8. The first kappa shape index (κ1) is 31.1. The molecule has 0 bridgehead atoms. The van der Waals surface area contributed by atoms with E-state index in [9.17, 15) is 39.8 Å². The van der Waals surface area contributed by atoms with E-state index in [-0.39, 0.29) is 24.5 Å². The van der Waals surface area contributed by atoms with Gasteiger partial charge in [0.25, 0.3) is 0 Å². The maximum absolute atomic E-state index is 13.4. The van der Waals surface area contributed by atoms with Crippen molar-refractivity contribution in [2.75, 3.05) is 11.5 Å². The van der Waals surface area contributed by atoms with Crippen molar-refractivity contribution in [3.05, 3.63) is 94.8 Å². The molecule has 2 saturated heterocycles. The Morgan fingerprint density at radius 3 is 2.23 bits per heavy atom. The first-order valence-corrected chi connectivity index (χ1v) is 14.5. The largest absolute Gasteiger partial charge is 0.508 e. The fourth-order valence-corrected chi connectivity index (χ4v) is 6.09. The minimum atomic E-state index is -1.45. The van der Waals surface area contributed by atoms with Crippen LogP contribution in [0.2, 0.25) is 0 Å². The molecule has 9 nitrogen and oxygen atoms in total. The van der Waals surface area contributed by atoms with Gasteiger partial charge in [-0.25, -0.2) is 4.39 Å². The Bertz CT molecular complexity index is 1400. The van der Waals surface area contributed by atoms with Crippen molar-refractivity contribution in [1.29, 1.82) is 0 Å². The number of aryl methyl sites for hydroxylation is 2. The highest BCUT2D eigenvalue weighted by Gasteiger charge is 2.49. The van der Waals surface area contributed by atoms with Gasteiger partial charge in [0, 0.05) is 11.3 Å². The number of aliphatic hydroxyl groups excluding tert-OH is 5. The monoisotopic (exact) mass is 595 g/mol. The number of benzene rings is 3. The summed E-state index contributed by atoms with van der Waals surface area (Å²) in [5.41, 5.74) is 3.58. The number of carbonyl (C=O) groups is 1. The highest BCUT2D eigenvalue weighted by atomic mass is 19.1. The predicted octanol–water partition coefficient (Wildman–Crippen LogP) is 2.83. The predicted molar refractivity (Wildman–Crippen MR) is 156 cm³/mol. The van der Waals surface area contributed by atoms with Crippen molar-refractivity contribution >= 4 is 11.6 Å². The van der Waals surface area contributed by atoms with E-state index in [2.05, 4.69) is 0 Å². The van der Waals surface area contributed by atoms with Gasteiger partial charge in [0.15, 0.2) is 0 Å². The fraction of sp³-hybridized carbons (Fsp3) is 0.424. The number of ether oxygens (including phenoxy) is 1. The summed E-state index contributed by atoms with van der Waals surface area (Å²) in [6.07, 6.45) is -5.63. The number of aliphatic hydroxyl groups is 5. The summed E-state index contributed by atoms with van der Waals surface area (Å²) >= 11 is 0. The van der Waals surface area contributed by atoms with Crippen LogP contribution in [0.3, 0.4) is 0 Å². The van der Waals surface area contributed by atoms with Crippen molar-refractivity contribution in [3.63, 3.8) is 0 Å². The highest BCUT2D eigenvalue weighted by Crippen LogP contribution is 2.48. The molecule has 230 valence electrons. The Hall–Kier alpha value is -3.38. The molecule has 43 heavy (non-hydrogen) atoms. The second kappa shape index (κ2) is 13.1. The van der Waals surface area contributed by atoms with Crippen molar-refractivity contribution in [2.45, 2.75) is 75.3 Å². The van der Waals surface area contributed by atoms with Crippen LogP contribution >= 0.6 is 0 Å². The molecule has 2 unspecified atom stereocenters. The van der Waals surface area contributed by atoms with Gasteiger partial charge in [0.1, 0.15) is 36.0 Å². The lowest BCUT2D eigenvalue weighted by atomic mass is 9.77. The molecule has 2 aliphatic rings. The zero-order chi connectivity index (χ0) is 30.8. The molecule has 10 heteroatoms. The van der Waals surface area contributed by atoms with Gasteiger partial charge < -0.3 is 40.3 Å². The maximum Gasteiger partial charge on any atom is 0.233 e. The summed E-state index contributed by atoms with van der Waals surface area (Å²) in [6, 6.07) is 17.8. The molecule has 2 aliphatic heterocycles. The number of halogens is 1. The van der Waals surface area contributed by atoms with E-state index in [1.807, 2.05) is 37.3 Å². The number of hydrogen-bond donors (Lipinski definition) is 6. The molecule has 0 radical (unpaired) electrons. The Balaban J connectivity index is 1.33. The van der Waals surface area contributed by atoms with Crippen LogP contribution in [0.1, 0.15) is 53.7 Å². The lowest BCUT2D eigenvalue weighted by Gasteiger charge is -2.48. The van der Waals surface area contributed by atoms with Gasteiger partial charge in [-0.3, -0.25) is 4.79 Å². The molecular formula is C33H38FNO8. The van der Waals surface area contributed by atoms with Gasteiger partial charge in [0.05, 0.1) is 30.8 Å². The number of aromatic hydroxyl groups is 1. The molecule has 0 aliphatic carbocycles. The Morgan fingerprint density at radius 1 is 0.907 bits per heavy atom. The molecule has 2 heterocycles. The van der Waals surface area contributed by atoms with Crippen LogP contribution in [-0.4, -0.2) is 73.7 Å². The van der Waals surface area contributed by atoms with Crippen molar-refractivity contribution < 1.29 is 44.6 Å². The van der Waals surface area contributed by atoms with E-state index in [1.54, 1.807) is 17.0 Å². The fourth-order valence-electron chi connectivity index (χ4n) is 6.09. The highest BCUT2D eigenvalue weighted by molar-refractivity contribution is 6.03. The van der Waals surface area contributed by atoms with E-state index < -0.39 is 61.0 Å². The van der Waals surface area contributed by atoms with Gasteiger partial charge in [-0.1, -0.05) is 42.0 Å². The molecule has 3 aromatic rings. The molecule has 2 fully saturated rings. The van der Waals surface area contributed by atoms with E-state index in [0.29, 0.717) is 29.7 Å². The number of phenolic OH excluding ortho intramolecular Hbond substituents is 1. The average Bonchev–Trinajstić information content (AvgIpc) is 3.00. The molecular weight excluding hydrogens is 557 g/mol. The second-order valence-electron chi connectivity index (χ2n) is 11.5. The molecule has 6 N–H and O–H groups in total. The third-order valence-corrected chi connectivity index (χ3v) is 8.65. The number of amides is 1.